The van der Waals surface area contributed by atoms with Crippen LogP contribution in [0.25, 0.3) is 0 Å². The van der Waals surface area contributed by atoms with Crippen molar-refractivity contribution < 1.29 is 22.7 Å². The summed E-state index contributed by atoms with van der Waals surface area (Å²) in [6.07, 6.45) is -4.38. The van der Waals surface area contributed by atoms with E-state index in [4.69, 9.17) is 0 Å². The van der Waals surface area contributed by atoms with Crippen LogP contribution in [0, 0.1) is 6.92 Å². The molecule has 0 aromatic carbocycles. The van der Waals surface area contributed by atoms with Gasteiger partial charge in [-0.2, -0.15) is 13.2 Å². The molecule has 3 nitrogen and oxygen atoms in total. The molecule has 1 heterocycles. The van der Waals surface area contributed by atoms with Gasteiger partial charge in [-0.25, -0.2) is 4.98 Å². The van der Waals surface area contributed by atoms with Crippen molar-refractivity contribution in [2.24, 2.45) is 0 Å². The van der Waals surface area contributed by atoms with Gasteiger partial charge in [-0.15, -0.1) is 11.3 Å². The summed E-state index contributed by atoms with van der Waals surface area (Å²) in [4.78, 5) is 15.2. The summed E-state index contributed by atoms with van der Waals surface area (Å²) in [5, 5.41) is 2.52. The number of nitrogens with zero attached hydrogens (tertiary/aromatic N) is 1. The van der Waals surface area contributed by atoms with Gasteiger partial charge < -0.3 is 4.74 Å². The van der Waals surface area contributed by atoms with Crippen molar-refractivity contribution >= 4 is 17.1 Å². The Morgan fingerprint density at radius 3 is 2.75 bits per heavy atom. The number of thiazole rings is 1. The van der Waals surface area contributed by atoms with Gasteiger partial charge in [0.2, 0.25) is 0 Å². The van der Waals surface area contributed by atoms with Crippen molar-refractivity contribution in [3.63, 3.8) is 0 Å². The summed E-state index contributed by atoms with van der Waals surface area (Å²) in [7, 11) is 0. The molecule has 0 spiro atoms. The minimum atomic E-state index is -4.39. The number of aromatic nitrogens is 1. The van der Waals surface area contributed by atoms with Crippen molar-refractivity contribution in [3.05, 3.63) is 16.1 Å². The zero-order valence-electron chi connectivity index (χ0n) is 8.50. The normalized spacial score (nSPS) is 11.8. The minimum absolute atomic E-state index is 0.0161. The van der Waals surface area contributed by atoms with Gasteiger partial charge in [0, 0.05) is 5.38 Å². The van der Waals surface area contributed by atoms with E-state index >= 15 is 0 Å². The Morgan fingerprint density at radius 1 is 1.56 bits per heavy atom. The number of carbonyl (C=O) groups is 1. The van der Waals surface area contributed by atoms with Crippen LogP contribution in [0.1, 0.15) is 10.7 Å². The van der Waals surface area contributed by atoms with Crippen LogP contribution in [0.15, 0.2) is 5.38 Å². The maximum atomic E-state index is 11.7. The number of rotatable bonds is 5. The lowest BCUT2D eigenvalue weighted by Crippen LogP contribution is -2.21. The first-order chi connectivity index (χ1) is 7.37. The molecule has 0 saturated heterocycles. The molecule has 0 radical (unpaired) electrons. The molecule has 90 valence electrons. The van der Waals surface area contributed by atoms with Gasteiger partial charge in [-0.05, 0) is 6.92 Å². The van der Waals surface area contributed by atoms with Crippen LogP contribution in [0.3, 0.4) is 0 Å². The third-order valence-electron chi connectivity index (χ3n) is 1.57. The Morgan fingerprint density at radius 2 is 2.25 bits per heavy atom. The van der Waals surface area contributed by atoms with E-state index in [0.717, 1.165) is 5.01 Å². The summed E-state index contributed by atoms with van der Waals surface area (Å²) in [5.74, 6) is -0.408. The van der Waals surface area contributed by atoms with Gasteiger partial charge in [0.25, 0.3) is 0 Å². The fourth-order valence-corrected chi connectivity index (χ4v) is 1.64. The maximum Gasteiger partial charge on any atom is 0.411 e. The highest BCUT2D eigenvalue weighted by atomic mass is 32.1. The van der Waals surface area contributed by atoms with Crippen molar-refractivity contribution in [2.75, 3.05) is 13.2 Å². The summed E-state index contributed by atoms with van der Waals surface area (Å²) in [6.45, 7) is -0.135. The standard InChI is InChI=1S/C9H10F3NO2S/c1-6-13-7(4-16-6)2-8(14)3-15-5-9(10,11)12/h4H,2-3,5H2,1H3. The van der Waals surface area contributed by atoms with Crippen LogP contribution < -0.4 is 0 Å². The molecule has 0 bridgehead atoms. The highest BCUT2D eigenvalue weighted by Gasteiger charge is 2.27. The third-order valence-corrected chi connectivity index (χ3v) is 2.40. The molecule has 1 rings (SSSR count). The van der Waals surface area contributed by atoms with Crippen molar-refractivity contribution in [1.82, 2.24) is 4.98 Å². The van der Waals surface area contributed by atoms with Crippen LogP contribution >= 0.6 is 11.3 Å². The predicted octanol–water partition coefficient (Wildman–Crippen LogP) is 2.14. The second-order valence-electron chi connectivity index (χ2n) is 3.18. The van der Waals surface area contributed by atoms with Crippen molar-refractivity contribution in [3.8, 4) is 0 Å². The lowest BCUT2D eigenvalue weighted by atomic mass is 10.2. The molecule has 0 amide bonds. The van der Waals surface area contributed by atoms with E-state index in [9.17, 15) is 18.0 Å². The van der Waals surface area contributed by atoms with Crippen LogP contribution in [0.4, 0.5) is 13.2 Å². The topological polar surface area (TPSA) is 39.2 Å². The Balaban J connectivity index is 2.26. The molecule has 0 saturated carbocycles. The smallest absolute Gasteiger partial charge is 0.364 e. The minimum Gasteiger partial charge on any atom is -0.364 e. The molecule has 7 heteroatoms. The number of Topliss-reactive ketones (excluding diaryl/α,β-unsaturated/α-hetero) is 1. The number of ether oxygens (including phenoxy) is 1. The number of hydrogen-bond donors (Lipinski definition) is 0. The monoisotopic (exact) mass is 253 g/mol. The average molecular weight is 253 g/mol. The Hall–Kier alpha value is -0.950. The molecule has 0 aliphatic rings. The van der Waals surface area contributed by atoms with Crippen LogP contribution in [0.5, 0.6) is 0 Å². The number of carbonyl (C=O) groups excluding carboxylic acids is 1. The first kappa shape index (κ1) is 13.1. The molecule has 1 aromatic heterocycles. The van der Waals surface area contributed by atoms with E-state index < -0.39 is 25.2 Å². The second-order valence-corrected chi connectivity index (χ2v) is 4.24. The molecule has 1 aromatic rings. The fraction of sp³-hybridized carbons (Fsp3) is 0.556. The van der Waals surface area contributed by atoms with Crippen LogP contribution in [-0.4, -0.2) is 30.2 Å². The predicted molar refractivity (Wildman–Crippen MR) is 52.4 cm³/mol. The molecule has 0 aliphatic heterocycles. The molecule has 0 atom stereocenters. The van der Waals surface area contributed by atoms with E-state index in [-0.39, 0.29) is 6.42 Å². The summed E-state index contributed by atoms with van der Waals surface area (Å²) >= 11 is 1.39. The third kappa shape index (κ3) is 5.22. The summed E-state index contributed by atoms with van der Waals surface area (Å²) < 4.78 is 39.3. The van der Waals surface area contributed by atoms with Crippen LogP contribution in [-0.2, 0) is 16.0 Å². The highest BCUT2D eigenvalue weighted by molar-refractivity contribution is 7.09. The van der Waals surface area contributed by atoms with Gasteiger partial charge in [-0.3, -0.25) is 4.79 Å². The van der Waals surface area contributed by atoms with Gasteiger partial charge in [0.05, 0.1) is 17.1 Å². The quantitative estimate of drug-likeness (QED) is 0.807. The molecular formula is C9H10F3NO2S. The van der Waals surface area contributed by atoms with E-state index in [1.165, 1.54) is 11.3 Å². The van der Waals surface area contributed by atoms with Crippen LogP contribution in [0.2, 0.25) is 0 Å². The Bertz CT molecular complexity index is 362. The zero-order chi connectivity index (χ0) is 12.2. The molecule has 0 aliphatic carbocycles. The SMILES string of the molecule is Cc1nc(CC(=O)COCC(F)(F)F)cs1. The molecule has 16 heavy (non-hydrogen) atoms. The van der Waals surface area contributed by atoms with Gasteiger partial charge in [-0.1, -0.05) is 0 Å². The number of aryl methyl sites for hydroxylation is 1. The lowest BCUT2D eigenvalue weighted by Gasteiger charge is -2.06. The van der Waals surface area contributed by atoms with E-state index in [1.807, 2.05) is 0 Å². The van der Waals surface area contributed by atoms with E-state index in [0.29, 0.717) is 5.69 Å². The number of halogens is 3. The van der Waals surface area contributed by atoms with E-state index in [1.54, 1.807) is 12.3 Å². The number of hydrogen-bond acceptors (Lipinski definition) is 4. The Labute approximate surface area is 94.3 Å². The zero-order valence-corrected chi connectivity index (χ0v) is 9.32. The average Bonchev–Trinajstić information content (AvgIpc) is 2.48. The highest BCUT2D eigenvalue weighted by Crippen LogP contribution is 2.14. The fourth-order valence-electron chi connectivity index (χ4n) is 1.02. The van der Waals surface area contributed by atoms with Gasteiger partial charge in [0.15, 0.2) is 5.78 Å². The molecular weight excluding hydrogens is 243 g/mol. The van der Waals surface area contributed by atoms with Gasteiger partial charge in [0.1, 0.15) is 13.2 Å². The molecule has 0 N–H and O–H groups in total. The lowest BCUT2D eigenvalue weighted by molar-refractivity contribution is -0.175. The van der Waals surface area contributed by atoms with Crippen molar-refractivity contribution in [2.45, 2.75) is 19.5 Å². The number of ketones is 1. The van der Waals surface area contributed by atoms with Crippen molar-refractivity contribution in [1.29, 1.82) is 0 Å². The first-order valence-corrected chi connectivity index (χ1v) is 5.32. The molecule has 0 unspecified atom stereocenters. The second kappa shape index (κ2) is 5.40. The number of alkyl halides is 3. The Kier molecular flexibility index (Phi) is 4.43. The largest absolute Gasteiger partial charge is 0.411 e. The first-order valence-electron chi connectivity index (χ1n) is 4.44. The van der Waals surface area contributed by atoms with E-state index in [2.05, 4.69) is 9.72 Å². The molecule has 0 fully saturated rings. The van der Waals surface area contributed by atoms with Gasteiger partial charge >= 0.3 is 6.18 Å². The summed E-state index contributed by atoms with van der Waals surface area (Å²) in [5.41, 5.74) is 0.572. The maximum absolute atomic E-state index is 11.7. The summed E-state index contributed by atoms with van der Waals surface area (Å²) in [6, 6.07) is 0.